The fourth-order valence-corrected chi connectivity index (χ4v) is 3.14. The van der Waals surface area contributed by atoms with Crippen LogP contribution in [0.5, 0.6) is 0 Å². The van der Waals surface area contributed by atoms with Crippen molar-refractivity contribution in [2.75, 3.05) is 13.1 Å². The van der Waals surface area contributed by atoms with E-state index < -0.39 is 0 Å². The van der Waals surface area contributed by atoms with Crippen LogP contribution in [0.3, 0.4) is 0 Å². The Labute approximate surface area is 119 Å². The molecule has 2 heteroatoms. The Balaban J connectivity index is 1.91. The Kier molecular flexibility index (Phi) is 3.86. The maximum Gasteiger partial charge on any atom is 0.0406 e. The van der Waals surface area contributed by atoms with Gasteiger partial charge in [0.25, 0.3) is 0 Å². The maximum atomic E-state index is 5.99. The molecule has 3 rings (SSSR count). The summed E-state index contributed by atoms with van der Waals surface area (Å²) in [6.45, 7) is 2.15. The fourth-order valence-electron chi connectivity index (χ4n) is 3.02. The van der Waals surface area contributed by atoms with Crippen LogP contribution in [0.1, 0.15) is 29.4 Å². The van der Waals surface area contributed by atoms with Gasteiger partial charge in [-0.15, -0.1) is 0 Å². The number of hydrogen-bond acceptors (Lipinski definition) is 1. The third-order valence-electron chi connectivity index (χ3n) is 4.01. The van der Waals surface area contributed by atoms with E-state index in [9.17, 15) is 0 Å². The molecule has 0 aromatic heterocycles. The minimum absolute atomic E-state index is 0.552. The molecule has 2 aromatic rings. The van der Waals surface area contributed by atoms with Crippen LogP contribution in [0.4, 0.5) is 0 Å². The lowest BCUT2D eigenvalue weighted by Crippen LogP contribution is -2.33. The van der Waals surface area contributed by atoms with Gasteiger partial charge in [-0.05, 0) is 42.1 Å². The van der Waals surface area contributed by atoms with Crippen molar-refractivity contribution in [3.8, 4) is 0 Å². The minimum atomic E-state index is 0.552. The van der Waals surface area contributed by atoms with E-state index in [0.717, 1.165) is 18.1 Å². The third-order valence-corrected chi connectivity index (χ3v) is 4.26. The molecule has 0 bridgehead atoms. The molecular formula is C17H18ClN. The summed E-state index contributed by atoms with van der Waals surface area (Å²) in [6, 6.07) is 19.2. The Bertz CT molecular complexity index is 521. The van der Waals surface area contributed by atoms with Gasteiger partial charge in [0.1, 0.15) is 0 Å². The molecular weight excluding hydrogens is 254 g/mol. The van der Waals surface area contributed by atoms with Crippen LogP contribution in [0.25, 0.3) is 0 Å². The molecule has 98 valence electrons. The molecule has 1 N–H and O–H groups in total. The zero-order valence-corrected chi connectivity index (χ0v) is 11.6. The molecule has 0 spiro atoms. The summed E-state index contributed by atoms with van der Waals surface area (Å²) in [6.07, 6.45) is 1.18. The number of halogens is 1. The lowest BCUT2D eigenvalue weighted by atomic mass is 9.77. The van der Waals surface area contributed by atoms with Crippen LogP contribution in [0, 0.1) is 0 Å². The van der Waals surface area contributed by atoms with E-state index in [2.05, 4.69) is 47.8 Å². The number of rotatable bonds is 2. The van der Waals surface area contributed by atoms with Crippen molar-refractivity contribution >= 4 is 11.6 Å². The second-order valence-electron chi connectivity index (χ2n) is 5.17. The van der Waals surface area contributed by atoms with Crippen LogP contribution in [-0.4, -0.2) is 13.1 Å². The van der Waals surface area contributed by atoms with Gasteiger partial charge in [-0.25, -0.2) is 0 Å². The summed E-state index contributed by atoms with van der Waals surface area (Å²) in [5, 5.41) is 4.33. The van der Waals surface area contributed by atoms with Crippen molar-refractivity contribution in [3.05, 3.63) is 70.7 Å². The quantitative estimate of drug-likeness (QED) is 0.863. The Hall–Kier alpha value is -1.31. The fraction of sp³-hybridized carbons (Fsp3) is 0.294. The Morgan fingerprint density at radius 1 is 0.842 bits per heavy atom. The molecule has 0 saturated carbocycles. The second kappa shape index (κ2) is 5.77. The van der Waals surface area contributed by atoms with E-state index in [1.165, 1.54) is 17.5 Å². The van der Waals surface area contributed by atoms with Gasteiger partial charge in [-0.1, -0.05) is 54.1 Å². The van der Waals surface area contributed by atoms with Gasteiger partial charge in [-0.3, -0.25) is 0 Å². The van der Waals surface area contributed by atoms with Gasteiger partial charge >= 0.3 is 0 Å². The predicted molar refractivity (Wildman–Crippen MR) is 80.9 cm³/mol. The SMILES string of the molecule is Clc1ccc([C@@H]2CCNC[C@@H]2c2ccccc2)cc1. The molecule has 19 heavy (non-hydrogen) atoms. The van der Waals surface area contributed by atoms with E-state index >= 15 is 0 Å². The summed E-state index contributed by atoms with van der Waals surface area (Å²) < 4.78 is 0. The highest BCUT2D eigenvalue weighted by atomic mass is 35.5. The monoisotopic (exact) mass is 271 g/mol. The number of piperidine rings is 1. The average Bonchev–Trinajstić information content (AvgIpc) is 2.49. The van der Waals surface area contributed by atoms with E-state index in [4.69, 9.17) is 11.6 Å². The molecule has 1 nitrogen and oxygen atoms in total. The summed E-state index contributed by atoms with van der Waals surface area (Å²) in [5.74, 6) is 1.14. The first kappa shape index (κ1) is 12.7. The first-order chi connectivity index (χ1) is 9.34. The zero-order chi connectivity index (χ0) is 13.1. The molecule has 1 saturated heterocycles. The van der Waals surface area contributed by atoms with Crippen LogP contribution < -0.4 is 5.32 Å². The van der Waals surface area contributed by atoms with Crippen molar-refractivity contribution < 1.29 is 0 Å². The molecule has 1 aliphatic rings. The standard InChI is InChI=1S/C17H18ClN/c18-15-8-6-14(7-9-15)16-10-11-19-12-17(16)13-4-2-1-3-5-13/h1-9,16-17,19H,10-12H2/t16-,17+/m0/s1. The number of benzene rings is 2. The van der Waals surface area contributed by atoms with Crippen molar-refractivity contribution in [2.45, 2.75) is 18.3 Å². The first-order valence-corrected chi connectivity index (χ1v) is 7.23. The van der Waals surface area contributed by atoms with Gasteiger partial charge in [0, 0.05) is 17.5 Å². The second-order valence-corrected chi connectivity index (χ2v) is 5.60. The van der Waals surface area contributed by atoms with Crippen molar-refractivity contribution in [1.82, 2.24) is 5.32 Å². The lowest BCUT2D eigenvalue weighted by Gasteiger charge is -2.33. The largest absolute Gasteiger partial charge is 0.316 e. The van der Waals surface area contributed by atoms with E-state index in [0.29, 0.717) is 11.8 Å². The number of nitrogens with one attached hydrogen (secondary N) is 1. The summed E-state index contributed by atoms with van der Waals surface area (Å²) in [5.41, 5.74) is 2.83. The smallest absolute Gasteiger partial charge is 0.0406 e. The van der Waals surface area contributed by atoms with Crippen molar-refractivity contribution in [3.63, 3.8) is 0 Å². The molecule has 0 aliphatic carbocycles. The van der Waals surface area contributed by atoms with Crippen LogP contribution in [-0.2, 0) is 0 Å². The molecule has 0 amide bonds. The van der Waals surface area contributed by atoms with E-state index in [-0.39, 0.29) is 0 Å². The molecule has 0 radical (unpaired) electrons. The average molecular weight is 272 g/mol. The summed E-state index contributed by atoms with van der Waals surface area (Å²) in [4.78, 5) is 0. The van der Waals surface area contributed by atoms with Crippen LogP contribution in [0.2, 0.25) is 5.02 Å². The lowest BCUT2D eigenvalue weighted by molar-refractivity contribution is 0.404. The van der Waals surface area contributed by atoms with Gasteiger partial charge in [-0.2, -0.15) is 0 Å². The van der Waals surface area contributed by atoms with Gasteiger partial charge < -0.3 is 5.32 Å². The van der Waals surface area contributed by atoms with E-state index in [1.54, 1.807) is 0 Å². The van der Waals surface area contributed by atoms with Crippen LogP contribution >= 0.6 is 11.6 Å². The zero-order valence-electron chi connectivity index (χ0n) is 10.9. The Morgan fingerprint density at radius 3 is 2.26 bits per heavy atom. The molecule has 1 fully saturated rings. The maximum absolute atomic E-state index is 5.99. The number of hydrogen-bond donors (Lipinski definition) is 1. The third kappa shape index (κ3) is 2.83. The Morgan fingerprint density at radius 2 is 1.53 bits per heavy atom. The molecule has 2 aromatic carbocycles. The molecule has 2 atom stereocenters. The van der Waals surface area contributed by atoms with Crippen molar-refractivity contribution in [2.24, 2.45) is 0 Å². The first-order valence-electron chi connectivity index (χ1n) is 6.86. The molecule has 0 unspecified atom stereocenters. The molecule has 1 heterocycles. The topological polar surface area (TPSA) is 12.0 Å². The van der Waals surface area contributed by atoms with Crippen molar-refractivity contribution in [1.29, 1.82) is 0 Å². The van der Waals surface area contributed by atoms with Crippen LogP contribution in [0.15, 0.2) is 54.6 Å². The predicted octanol–water partition coefficient (Wildman–Crippen LogP) is 4.20. The van der Waals surface area contributed by atoms with Gasteiger partial charge in [0.2, 0.25) is 0 Å². The van der Waals surface area contributed by atoms with E-state index in [1.807, 2.05) is 12.1 Å². The summed E-state index contributed by atoms with van der Waals surface area (Å²) >= 11 is 5.99. The minimum Gasteiger partial charge on any atom is -0.316 e. The highest BCUT2D eigenvalue weighted by Gasteiger charge is 2.27. The highest BCUT2D eigenvalue weighted by Crippen LogP contribution is 2.37. The van der Waals surface area contributed by atoms with Gasteiger partial charge in [0.15, 0.2) is 0 Å². The summed E-state index contributed by atoms with van der Waals surface area (Å²) in [7, 11) is 0. The van der Waals surface area contributed by atoms with Gasteiger partial charge in [0.05, 0.1) is 0 Å². The normalized spacial score (nSPS) is 23.2. The molecule has 1 aliphatic heterocycles. The highest BCUT2D eigenvalue weighted by molar-refractivity contribution is 6.30.